The Bertz CT molecular complexity index is 1460. The molecule has 0 amide bonds. The summed E-state index contributed by atoms with van der Waals surface area (Å²) in [7, 11) is 2.81. The van der Waals surface area contributed by atoms with Crippen molar-refractivity contribution in [2.24, 2.45) is 5.92 Å². The number of para-hydroxylation sites is 1. The average Bonchev–Trinajstić information content (AvgIpc) is 3.63. The third kappa shape index (κ3) is 3.34. The molecule has 0 saturated carbocycles. The number of fused-ring (bicyclic) bond motifs is 4. The minimum atomic E-state index is -1.09. The van der Waals surface area contributed by atoms with Crippen molar-refractivity contribution < 1.29 is 23.5 Å². The van der Waals surface area contributed by atoms with Gasteiger partial charge in [0.2, 0.25) is 0 Å². The summed E-state index contributed by atoms with van der Waals surface area (Å²) in [5, 5.41) is 1.05. The zero-order valence-corrected chi connectivity index (χ0v) is 22.0. The lowest BCUT2D eigenvalue weighted by Gasteiger charge is -2.46. The third-order valence-corrected chi connectivity index (χ3v) is 8.34. The highest BCUT2D eigenvalue weighted by molar-refractivity contribution is 14.1. The van der Waals surface area contributed by atoms with Crippen LogP contribution in [0.25, 0.3) is 10.9 Å². The van der Waals surface area contributed by atoms with Crippen LogP contribution < -0.4 is 0 Å². The maximum absolute atomic E-state index is 13.8. The van der Waals surface area contributed by atoms with E-state index in [2.05, 4.69) is 44.6 Å². The first-order chi connectivity index (χ1) is 17.5. The van der Waals surface area contributed by atoms with Crippen molar-refractivity contribution in [2.45, 2.75) is 30.5 Å². The molecule has 4 aromatic rings. The van der Waals surface area contributed by atoms with Gasteiger partial charge < -0.3 is 18.9 Å². The Morgan fingerprint density at radius 1 is 1.08 bits per heavy atom. The average molecular weight is 596 g/mol. The number of carbonyl (C=O) groups is 2. The lowest BCUT2D eigenvalue weighted by molar-refractivity contribution is -0.157. The second-order valence-electron chi connectivity index (χ2n) is 9.42. The molecule has 2 aliphatic heterocycles. The minimum Gasteiger partial charge on any atom is -0.469 e. The summed E-state index contributed by atoms with van der Waals surface area (Å²) in [4.78, 5) is 32.8. The first-order valence-corrected chi connectivity index (χ1v) is 12.9. The fourth-order valence-electron chi connectivity index (χ4n) is 6.31. The van der Waals surface area contributed by atoms with Crippen molar-refractivity contribution in [3.05, 3.63) is 93.1 Å². The van der Waals surface area contributed by atoms with Crippen molar-refractivity contribution in [3.8, 4) is 0 Å². The van der Waals surface area contributed by atoms with Gasteiger partial charge in [-0.15, -0.1) is 0 Å². The van der Waals surface area contributed by atoms with Crippen molar-refractivity contribution in [3.63, 3.8) is 0 Å². The zero-order chi connectivity index (χ0) is 25.0. The molecular formula is C28H25IN2O5. The van der Waals surface area contributed by atoms with Gasteiger partial charge in [0.25, 0.3) is 0 Å². The van der Waals surface area contributed by atoms with Gasteiger partial charge in [-0.2, -0.15) is 0 Å². The molecule has 2 unspecified atom stereocenters. The van der Waals surface area contributed by atoms with Crippen molar-refractivity contribution in [1.29, 1.82) is 0 Å². The Balaban J connectivity index is 1.67. The number of nitrogens with one attached hydrogen (secondary N) is 1. The molecule has 1 fully saturated rings. The van der Waals surface area contributed by atoms with E-state index in [0.717, 1.165) is 31.3 Å². The number of rotatable bonds is 4. The molecule has 7 nitrogen and oxygen atoms in total. The molecule has 0 aliphatic carbocycles. The fraction of sp³-hybridized carbons (Fsp3) is 0.286. The number of ether oxygens (including phenoxy) is 2. The summed E-state index contributed by atoms with van der Waals surface area (Å²) >= 11 is 2.27. The molecule has 0 bridgehead atoms. The lowest BCUT2D eigenvalue weighted by atomic mass is 9.79. The number of furan rings is 1. The topological polar surface area (TPSA) is 84.8 Å². The Labute approximate surface area is 221 Å². The van der Waals surface area contributed by atoms with Crippen LogP contribution in [0.15, 0.2) is 71.3 Å². The van der Waals surface area contributed by atoms with E-state index in [-0.39, 0.29) is 18.4 Å². The molecule has 2 aliphatic rings. The first-order valence-electron chi connectivity index (χ1n) is 11.8. The molecule has 36 heavy (non-hydrogen) atoms. The van der Waals surface area contributed by atoms with Crippen LogP contribution in [-0.4, -0.2) is 41.6 Å². The molecule has 1 saturated heterocycles. The number of carbonyl (C=O) groups excluding carboxylic acids is 2. The van der Waals surface area contributed by atoms with E-state index in [0.29, 0.717) is 12.2 Å². The van der Waals surface area contributed by atoms with Crippen molar-refractivity contribution in [2.75, 3.05) is 14.2 Å². The number of hydrogen-bond acceptors (Lipinski definition) is 6. The maximum Gasteiger partial charge on any atom is 0.326 e. The van der Waals surface area contributed by atoms with E-state index in [1.54, 1.807) is 6.26 Å². The van der Waals surface area contributed by atoms with E-state index >= 15 is 0 Å². The van der Waals surface area contributed by atoms with Gasteiger partial charge in [-0.25, -0.2) is 0 Å². The summed E-state index contributed by atoms with van der Waals surface area (Å²) in [6.45, 7) is 0. The summed E-state index contributed by atoms with van der Waals surface area (Å²) < 4.78 is 17.8. The number of aromatic amines is 1. The number of esters is 2. The highest BCUT2D eigenvalue weighted by Gasteiger charge is 2.64. The molecule has 0 spiro atoms. The fourth-order valence-corrected chi connectivity index (χ4v) is 6.88. The minimum absolute atomic E-state index is 0.276. The third-order valence-electron chi connectivity index (χ3n) is 7.67. The van der Waals surface area contributed by atoms with Crippen molar-refractivity contribution >= 4 is 45.4 Å². The second-order valence-corrected chi connectivity index (χ2v) is 10.7. The molecule has 1 N–H and O–H groups in total. The standard InChI is InChI=1S/C28H25IN2O5/c1-34-26(32)20-15-28(27(33)35-2)14-19-18-9-3-4-10-21(18)30-23(19)25(22-11-6-12-36-22)31(28)24(20)16-7-5-8-17(29)13-16/h3-13,20,24-25,30H,14-15H2,1-2H3/t20?,24-,25?,28-/m1/s1. The highest BCUT2D eigenvalue weighted by Crippen LogP contribution is 2.58. The smallest absolute Gasteiger partial charge is 0.326 e. The van der Waals surface area contributed by atoms with E-state index in [9.17, 15) is 9.59 Å². The number of H-pyrrole nitrogens is 1. The van der Waals surface area contributed by atoms with E-state index in [1.807, 2.05) is 48.5 Å². The molecule has 6 rings (SSSR count). The lowest BCUT2D eigenvalue weighted by Crippen LogP contribution is -2.57. The predicted octanol–water partition coefficient (Wildman–Crippen LogP) is 5.16. The van der Waals surface area contributed by atoms with Gasteiger partial charge in [0, 0.05) is 26.6 Å². The number of methoxy groups -OCH3 is 2. The van der Waals surface area contributed by atoms with Crippen LogP contribution in [0.5, 0.6) is 0 Å². The first kappa shape index (κ1) is 23.3. The van der Waals surface area contributed by atoms with Crippen LogP contribution in [0.3, 0.4) is 0 Å². The number of nitrogens with zero attached hydrogens (tertiary/aromatic N) is 1. The van der Waals surface area contributed by atoms with Gasteiger partial charge in [-0.3, -0.25) is 14.5 Å². The maximum atomic E-state index is 13.8. The van der Waals surface area contributed by atoms with Gasteiger partial charge in [-0.05, 0) is 70.5 Å². The van der Waals surface area contributed by atoms with Gasteiger partial charge in [0.15, 0.2) is 0 Å². The van der Waals surface area contributed by atoms with Crippen molar-refractivity contribution in [1.82, 2.24) is 9.88 Å². The SMILES string of the molecule is COC(=O)C1C[C@@]2(C(=O)OC)Cc3c([nH]c4ccccc34)C(c3ccco3)N2[C@@H]1c1cccc(I)c1. The van der Waals surface area contributed by atoms with E-state index in [1.165, 1.54) is 14.2 Å². The van der Waals surface area contributed by atoms with Crippen LogP contribution in [-0.2, 0) is 25.5 Å². The molecule has 4 atom stereocenters. The molecule has 2 aromatic heterocycles. The summed E-state index contributed by atoms with van der Waals surface area (Å²) in [6.07, 6.45) is 2.32. The Morgan fingerprint density at radius 2 is 1.92 bits per heavy atom. The number of halogens is 1. The highest BCUT2D eigenvalue weighted by atomic mass is 127. The van der Waals surface area contributed by atoms with Gasteiger partial charge >= 0.3 is 11.9 Å². The predicted molar refractivity (Wildman–Crippen MR) is 141 cm³/mol. The molecule has 4 heterocycles. The summed E-state index contributed by atoms with van der Waals surface area (Å²) in [6, 6.07) is 19.1. The number of aromatic nitrogens is 1. The zero-order valence-electron chi connectivity index (χ0n) is 19.9. The molecule has 0 radical (unpaired) electrons. The molecule has 8 heteroatoms. The van der Waals surface area contributed by atoms with Gasteiger partial charge in [0.1, 0.15) is 17.3 Å². The monoisotopic (exact) mass is 596 g/mol. The quantitative estimate of drug-likeness (QED) is 0.259. The molecule has 2 aromatic carbocycles. The Morgan fingerprint density at radius 3 is 2.64 bits per heavy atom. The summed E-state index contributed by atoms with van der Waals surface area (Å²) in [5.41, 5.74) is 2.86. The van der Waals surface area contributed by atoms with E-state index < -0.39 is 23.5 Å². The Kier molecular flexibility index (Phi) is 5.68. The second kappa shape index (κ2) is 8.77. The van der Waals surface area contributed by atoms with Crippen LogP contribution in [0.1, 0.15) is 41.1 Å². The summed E-state index contributed by atoms with van der Waals surface area (Å²) in [5.74, 6) is -0.586. The van der Waals surface area contributed by atoms with Crippen LogP contribution in [0.2, 0.25) is 0 Å². The largest absolute Gasteiger partial charge is 0.469 e. The number of benzene rings is 2. The van der Waals surface area contributed by atoms with Gasteiger partial charge in [0.05, 0.1) is 32.4 Å². The van der Waals surface area contributed by atoms with Crippen LogP contribution >= 0.6 is 22.6 Å². The van der Waals surface area contributed by atoms with Crippen LogP contribution in [0.4, 0.5) is 0 Å². The van der Waals surface area contributed by atoms with E-state index in [4.69, 9.17) is 13.9 Å². The Hall–Kier alpha value is -3.11. The van der Waals surface area contributed by atoms with Gasteiger partial charge in [-0.1, -0.05) is 30.3 Å². The molecular weight excluding hydrogens is 571 g/mol. The number of hydrogen-bond donors (Lipinski definition) is 1. The molecule has 184 valence electrons. The normalized spacial score (nSPS) is 25.4. The van der Waals surface area contributed by atoms with Crippen LogP contribution in [0, 0.1) is 9.49 Å².